The highest BCUT2D eigenvalue weighted by molar-refractivity contribution is 4.89. The Morgan fingerprint density at radius 2 is 1.04 bits per heavy atom. The SMILES string of the molecule is CCCCCC(C)CCCCCCC(C)/C=C/C(C)CCC.CN. The van der Waals surface area contributed by atoms with Gasteiger partial charge in [0.05, 0.1) is 0 Å². The first-order chi connectivity index (χ1) is 11.6. The predicted molar refractivity (Wildman–Crippen MR) is 113 cm³/mol. The van der Waals surface area contributed by atoms with Crippen molar-refractivity contribution in [2.45, 2.75) is 112 Å². The van der Waals surface area contributed by atoms with E-state index in [1.165, 1.54) is 84.1 Å². The van der Waals surface area contributed by atoms with Crippen LogP contribution in [0.15, 0.2) is 12.2 Å². The van der Waals surface area contributed by atoms with Gasteiger partial charge in [-0.2, -0.15) is 0 Å². The summed E-state index contributed by atoms with van der Waals surface area (Å²) in [6, 6.07) is 0. The van der Waals surface area contributed by atoms with E-state index in [0.717, 1.165) is 17.8 Å². The summed E-state index contributed by atoms with van der Waals surface area (Å²) in [7, 11) is 1.50. The maximum atomic E-state index is 4.50. The number of unbranched alkanes of at least 4 members (excludes halogenated alkanes) is 5. The van der Waals surface area contributed by atoms with Gasteiger partial charge in [0.15, 0.2) is 0 Å². The van der Waals surface area contributed by atoms with E-state index in [1.54, 1.807) is 0 Å². The van der Waals surface area contributed by atoms with Gasteiger partial charge in [-0.1, -0.05) is 111 Å². The van der Waals surface area contributed by atoms with Gasteiger partial charge in [0.2, 0.25) is 0 Å². The summed E-state index contributed by atoms with van der Waals surface area (Å²) in [5.41, 5.74) is 4.50. The fraction of sp³-hybridized carbons (Fsp3) is 0.913. The maximum Gasteiger partial charge on any atom is -0.0195 e. The fourth-order valence-corrected chi connectivity index (χ4v) is 3.23. The summed E-state index contributed by atoms with van der Waals surface area (Å²) in [6.07, 6.45) is 21.8. The highest BCUT2D eigenvalue weighted by Gasteiger charge is 2.03. The van der Waals surface area contributed by atoms with Crippen LogP contribution >= 0.6 is 0 Å². The molecule has 1 nitrogen and oxygen atoms in total. The molecule has 0 aliphatic heterocycles. The zero-order valence-electron chi connectivity index (χ0n) is 17.9. The second kappa shape index (κ2) is 20.7. The Balaban J connectivity index is 0. The molecule has 3 unspecified atom stereocenters. The molecule has 0 saturated heterocycles. The molecule has 0 amide bonds. The van der Waals surface area contributed by atoms with Crippen molar-refractivity contribution in [2.24, 2.45) is 23.5 Å². The van der Waals surface area contributed by atoms with E-state index in [1.807, 2.05) is 0 Å². The lowest BCUT2D eigenvalue weighted by atomic mass is 9.95. The third-order valence-corrected chi connectivity index (χ3v) is 4.92. The van der Waals surface area contributed by atoms with Gasteiger partial charge >= 0.3 is 0 Å². The third-order valence-electron chi connectivity index (χ3n) is 4.92. The van der Waals surface area contributed by atoms with Crippen LogP contribution in [-0.4, -0.2) is 7.05 Å². The first kappa shape index (κ1) is 25.9. The lowest BCUT2D eigenvalue weighted by Crippen LogP contribution is -1.96. The average Bonchev–Trinajstić information content (AvgIpc) is 2.58. The van der Waals surface area contributed by atoms with Gasteiger partial charge in [-0.15, -0.1) is 0 Å². The normalized spacial score (nSPS) is 15.0. The van der Waals surface area contributed by atoms with Gasteiger partial charge < -0.3 is 5.73 Å². The van der Waals surface area contributed by atoms with E-state index in [9.17, 15) is 0 Å². The van der Waals surface area contributed by atoms with Crippen LogP contribution in [-0.2, 0) is 0 Å². The molecule has 0 aromatic carbocycles. The van der Waals surface area contributed by atoms with Crippen molar-refractivity contribution in [2.75, 3.05) is 7.05 Å². The minimum atomic E-state index is 0.765. The van der Waals surface area contributed by atoms with Crippen LogP contribution < -0.4 is 5.73 Å². The first-order valence-electron chi connectivity index (χ1n) is 10.9. The molecule has 0 aromatic heterocycles. The maximum absolute atomic E-state index is 4.50. The van der Waals surface area contributed by atoms with Crippen LogP contribution in [0.3, 0.4) is 0 Å². The van der Waals surface area contributed by atoms with Crippen LogP contribution in [0.1, 0.15) is 112 Å². The van der Waals surface area contributed by atoms with Gasteiger partial charge in [-0.05, 0) is 37.6 Å². The van der Waals surface area contributed by atoms with E-state index in [2.05, 4.69) is 52.5 Å². The lowest BCUT2D eigenvalue weighted by Gasteiger charge is -2.11. The number of hydrogen-bond donors (Lipinski definition) is 1. The second-order valence-electron chi connectivity index (χ2n) is 7.72. The Morgan fingerprint density at radius 3 is 1.54 bits per heavy atom. The van der Waals surface area contributed by atoms with E-state index >= 15 is 0 Å². The molecule has 3 atom stereocenters. The fourth-order valence-electron chi connectivity index (χ4n) is 3.23. The Bertz CT molecular complexity index is 246. The standard InChI is InChI=1S/C22H44.CH5N/c1-6-8-11-15-21(4)16-12-9-10-13-17-22(5)19-18-20(3)14-7-2;1-2/h18-22H,6-17H2,1-5H3;2H2,1H3/b19-18+;. The topological polar surface area (TPSA) is 26.0 Å². The summed E-state index contributed by atoms with van der Waals surface area (Å²) >= 11 is 0. The van der Waals surface area contributed by atoms with Crippen molar-refractivity contribution in [1.29, 1.82) is 0 Å². The van der Waals surface area contributed by atoms with Gasteiger partial charge in [-0.25, -0.2) is 0 Å². The molecule has 0 spiro atoms. The van der Waals surface area contributed by atoms with Crippen LogP contribution in [0, 0.1) is 17.8 Å². The van der Waals surface area contributed by atoms with Gasteiger partial charge in [0, 0.05) is 0 Å². The number of allylic oxidation sites excluding steroid dienone is 2. The van der Waals surface area contributed by atoms with Crippen molar-refractivity contribution >= 4 is 0 Å². The molecule has 24 heavy (non-hydrogen) atoms. The summed E-state index contributed by atoms with van der Waals surface area (Å²) in [5, 5.41) is 0. The first-order valence-corrected chi connectivity index (χ1v) is 10.9. The van der Waals surface area contributed by atoms with Gasteiger partial charge in [-0.3, -0.25) is 0 Å². The molecule has 146 valence electrons. The molecule has 0 heterocycles. The van der Waals surface area contributed by atoms with E-state index in [-0.39, 0.29) is 0 Å². The van der Waals surface area contributed by atoms with E-state index in [4.69, 9.17) is 0 Å². The van der Waals surface area contributed by atoms with Crippen molar-refractivity contribution in [3.05, 3.63) is 12.2 Å². The summed E-state index contributed by atoms with van der Waals surface area (Å²) in [5.74, 6) is 2.49. The molecule has 0 rings (SSSR count). The Kier molecular flexibility index (Phi) is 22.4. The van der Waals surface area contributed by atoms with E-state index in [0.29, 0.717) is 0 Å². The summed E-state index contributed by atoms with van der Waals surface area (Å²) < 4.78 is 0. The Labute approximate surface area is 154 Å². The van der Waals surface area contributed by atoms with Crippen LogP contribution in [0.25, 0.3) is 0 Å². The average molecular weight is 340 g/mol. The van der Waals surface area contributed by atoms with Gasteiger partial charge in [0.25, 0.3) is 0 Å². The molecule has 0 aliphatic carbocycles. The number of hydrogen-bond acceptors (Lipinski definition) is 1. The molecule has 0 radical (unpaired) electrons. The lowest BCUT2D eigenvalue weighted by molar-refractivity contribution is 0.434. The van der Waals surface area contributed by atoms with Crippen molar-refractivity contribution in [1.82, 2.24) is 0 Å². The van der Waals surface area contributed by atoms with Crippen molar-refractivity contribution in [3.63, 3.8) is 0 Å². The largest absolute Gasteiger partial charge is 0.333 e. The second-order valence-corrected chi connectivity index (χ2v) is 7.72. The summed E-state index contributed by atoms with van der Waals surface area (Å²) in [4.78, 5) is 0. The zero-order valence-corrected chi connectivity index (χ0v) is 17.9. The Hall–Kier alpha value is -0.300. The monoisotopic (exact) mass is 339 g/mol. The summed E-state index contributed by atoms with van der Waals surface area (Å²) in [6.45, 7) is 11.7. The molecule has 0 saturated carbocycles. The highest BCUT2D eigenvalue weighted by atomic mass is 14.4. The highest BCUT2D eigenvalue weighted by Crippen LogP contribution is 2.19. The molecular weight excluding hydrogens is 290 g/mol. The van der Waals surface area contributed by atoms with Gasteiger partial charge in [0.1, 0.15) is 0 Å². The van der Waals surface area contributed by atoms with Crippen molar-refractivity contribution in [3.8, 4) is 0 Å². The molecule has 0 fully saturated rings. The Morgan fingerprint density at radius 1 is 0.583 bits per heavy atom. The molecular formula is C23H49N. The zero-order chi connectivity index (χ0) is 18.6. The number of nitrogens with two attached hydrogens (primary N) is 1. The minimum Gasteiger partial charge on any atom is -0.333 e. The number of rotatable bonds is 15. The van der Waals surface area contributed by atoms with Crippen LogP contribution in [0.4, 0.5) is 0 Å². The molecule has 2 N–H and O–H groups in total. The smallest absolute Gasteiger partial charge is 0.0195 e. The molecule has 0 bridgehead atoms. The van der Waals surface area contributed by atoms with Crippen LogP contribution in [0.5, 0.6) is 0 Å². The predicted octanol–water partition coefficient (Wildman–Crippen LogP) is 7.75. The van der Waals surface area contributed by atoms with E-state index < -0.39 is 0 Å². The van der Waals surface area contributed by atoms with Crippen molar-refractivity contribution < 1.29 is 0 Å². The van der Waals surface area contributed by atoms with Crippen LogP contribution in [0.2, 0.25) is 0 Å². The quantitative estimate of drug-likeness (QED) is 0.239. The molecule has 0 aliphatic rings. The minimum absolute atomic E-state index is 0.765. The molecule has 0 aromatic rings. The third kappa shape index (κ3) is 19.7. The molecule has 1 heteroatoms.